The lowest BCUT2D eigenvalue weighted by atomic mass is 10.0. The van der Waals surface area contributed by atoms with Gasteiger partial charge < -0.3 is 5.73 Å². The smallest absolute Gasteiger partial charge is 0.223 e. The average Bonchev–Trinajstić information content (AvgIpc) is 3.57. The third-order valence-corrected chi connectivity index (χ3v) is 5.38. The van der Waals surface area contributed by atoms with Crippen LogP contribution in [0.3, 0.4) is 0 Å². The van der Waals surface area contributed by atoms with Crippen molar-refractivity contribution in [1.82, 2.24) is 54.7 Å². The molecule has 0 unspecified atom stereocenters. The molecule has 5 heterocycles. The summed E-state index contributed by atoms with van der Waals surface area (Å²) in [5.74, 6) is 1.01. The predicted octanol–water partition coefficient (Wildman–Crippen LogP) is 1.80. The lowest BCUT2D eigenvalue weighted by Gasteiger charge is -2.11. The molecule has 0 saturated carbocycles. The highest BCUT2D eigenvalue weighted by atomic mass is 15.5. The number of nitrogens with zero attached hydrogens (tertiary/aromatic N) is 12. The Morgan fingerprint density at radius 2 is 1.92 bits per heavy atom. The molecule has 1 aromatic carbocycles. The molecule has 0 aliphatic rings. The van der Waals surface area contributed by atoms with Crippen molar-refractivity contribution >= 4 is 11.6 Å². The normalized spacial score (nSPS) is 11.0. The SMILES string of the molecule is N#Cc1cccc(-c2nc(N)n3nc(Cn4nnnc4-c4ccccn4)nc3c2-c2ccncn2)c1. The van der Waals surface area contributed by atoms with E-state index in [9.17, 15) is 5.26 Å². The van der Waals surface area contributed by atoms with Crippen LogP contribution in [0.15, 0.2) is 67.3 Å². The fraction of sp³-hybridized carbons (Fsp3) is 0.0435. The maximum Gasteiger partial charge on any atom is 0.223 e. The van der Waals surface area contributed by atoms with Crippen LogP contribution in [0.1, 0.15) is 11.4 Å². The van der Waals surface area contributed by atoms with Crippen LogP contribution in [0.25, 0.3) is 39.7 Å². The zero-order valence-corrected chi connectivity index (χ0v) is 18.5. The summed E-state index contributed by atoms with van der Waals surface area (Å²) in [4.78, 5) is 22.1. The van der Waals surface area contributed by atoms with Gasteiger partial charge in [-0.25, -0.2) is 24.6 Å². The summed E-state index contributed by atoms with van der Waals surface area (Å²) < 4.78 is 3.01. The number of rotatable bonds is 5. The van der Waals surface area contributed by atoms with Gasteiger partial charge in [0.25, 0.3) is 0 Å². The van der Waals surface area contributed by atoms with E-state index in [1.54, 1.807) is 41.3 Å². The van der Waals surface area contributed by atoms with Gasteiger partial charge in [-0.05, 0) is 40.8 Å². The molecule has 13 nitrogen and oxygen atoms in total. The minimum atomic E-state index is 0.126. The fourth-order valence-electron chi connectivity index (χ4n) is 3.81. The van der Waals surface area contributed by atoms with Gasteiger partial charge in [-0.2, -0.15) is 9.78 Å². The molecular weight excluding hydrogens is 458 g/mol. The second-order valence-corrected chi connectivity index (χ2v) is 7.62. The molecule has 0 saturated heterocycles. The summed E-state index contributed by atoms with van der Waals surface area (Å²) in [5, 5.41) is 25.9. The van der Waals surface area contributed by atoms with Crippen LogP contribution in [0.2, 0.25) is 0 Å². The second-order valence-electron chi connectivity index (χ2n) is 7.62. The standard InChI is InChI=1S/C23H15N13/c24-11-14-4-3-5-15(10-14)20-19(16-7-9-26-13-28-16)22-29-18(32-36(22)23(25)30-20)12-35-21(31-33-34-35)17-6-1-2-8-27-17/h1-10,13H,12H2,(H2,25,30). The number of pyridine rings is 1. The lowest BCUT2D eigenvalue weighted by Crippen LogP contribution is -2.08. The van der Waals surface area contributed by atoms with Crippen molar-refractivity contribution in [1.29, 1.82) is 5.26 Å². The van der Waals surface area contributed by atoms with E-state index >= 15 is 0 Å². The monoisotopic (exact) mass is 473 g/mol. The molecule has 0 aliphatic heterocycles. The van der Waals surface area contributed by atoms with Gasteiger partial charge in [0.1, 0.15) is 18.6 Å². The van der Waals surface area contributed by atoms with E-state index in [1.807, 2.05) is 24.3 Å². The molecule has 13 heteroatoms. The van der Waals surface area contributed by atoms with Gasteiger partial charge in [0.2, 0.25) is 11.8 Å². The predicted molar refractivity (Wildman–Crippen MR) is 127 cm³/mol. The van der Waals surface area contributed by atoms with E-state index in [2.05, 4.69) is 46.6 Å². The quantitative estimate of drug-likeness (QED) is 0.386. The summed E-state index contributed by atoms with van der Waals surface area (Å²) in [6.45, 7) is 0.169. The minimum absolute atomic E-state index is 0.126. The Morgan fingerprint density at radius 1 is 0.972 bits per heavy atom. The maximum absolute atomic E-state index is 9.39. The first kappa shape index (κ1) is 20.9. The number of hydrogen-bond donors (Lipinski definition) is 1. The Bertz CT molecular complexity index is 1730. The van der Waals surface area contributed by atoms with Crippen molar-refractivity contribution in [2.75, 3.05) is 5.73 Å². The molecule has 0 aliphatic carbocycles. The summed E-state index contributed by atoms with van der Waals surface area (Å²) in [7, 11) is 0. The first-order valence-corrected chi connectivity index (χ1v) is 10.7. The number of hydrogen-bond acceptors (Lipinski definition) is 11. The van der Waals surface area contributed by atoms with Crippen LogP contribution < -0.4 is 5.73 Å². The first-order valence-electron chi connectivity index (χ1n) is 10.7. The van der Waals surface area contributed by atoms with Crippen molar-refractivity contribution in [2.24, 2.45) is 0 Å². The molecule has 6 rings (SSSR count). The van der Waals surface area contributed by atoms with Gasteiger partial charge in [0.15, 0.2) is 11.5 Å². The number of anilines is 1. The zero-order chi connectivity index (χ0) is 24.5. The van der Waals surface area contributed by atoms with E-state index < -0.39 is 0 Å². The largest absolute Gasteiger partial charge is 0.368 e. The van der Waals surface area contributed by atoms with Gasteiger partial charge in [-0.3, -0.25) is 4.98 Å². The molecule has 0 bridgehead atoms. The number of nitrogen functional groups attached to an aromatic ring is 1. The number of tetrazole rings is 1. The van der Waals surface area contributed by atoms with Crippen molar-refractivity contribution in [2.45, 2.75) is 6.54 Å². The molecule has 0 atom stereocenters. The Hall–Kier alpha value is -5.64. The van der Waals surface area contributed by atoms with Crippen LogP contribution in [-0.2, 0) is 6.54 Å². The number of nitriles is 1. The molecule has 0 radical (unpaired) electrons. The molecule has 36 heavy (non-hydrogen) atoms. The second kappa shape index (κ2) is 8.61. The molecule has 0 spiro atoms. The lowest BCUT2D eigenvalue weighted by molar-refractivity contribution is 0.627. The average molecular weight is 473 g/mol. The van der Waals surface area contributed by atoms with E-state index in [1.165, 1.54) is 10.8 Å². The minimum Gasteiger partial charge on any atom is -0.368 e. The van der Waals surface area contributed by atoms with Crippen LogP contribution >= 0.6 is 0 Å². The summed E-state index contributed by atoms with van der Waals surface area (Å²) in [6, 6.07) is 16.5. The molecule has 172 valence electrons. The van der Waals surface area contributed by atoms with Crippen LogP contribution in [0.4, 0.5) is 5.95 Å². The van der Waals surface area contributed by atoms with Crippen molar-refractivity contribution < 1.29 is 0 Å². The highest BCUT2D eigenvalue weighted by Crippen LogP contribution is 2.34. The van der Waals surface area contributed by atoms with E-state index in [0.717, 1.165) is 0 Å². The summed E-state index contributed by atoms with van der Waals surface area (Å²) >= 11 is 0. The van der Waals surface area contributed by atoms with Crippen molar-refractivity contribution in [3.05, 3.63) is 78.6 Å². The van der Waals surface area contributed by atoms with E-state index in [4.69, 9.17) is 10.7 Å². The highest BCUT2D eigenvalue weighted by Gasteiger charge is 2.22. The number of nitrogens with two attached hydrogens (primary N) is 1. The Morgan fingerprint density at radius 3 is 2.72 bits per heavy atom. The molecule has 2 N–H and O–H groups in total. The maximum atomic E-state index is 9.39. The molecule has 0 fully saturated rings. The Labute approximate surface area is 203 Å². The number of aromatic nitrogens is 11. The fourth-order valence-corrected chi connectivity index (χ4v) is 3.81. The summed E-state index contributed by atoms with van der Waals surface area (Å²) in [6.07, 6.45) is 4.73. The summed E-state index contributed by atoms with van der Waals surface area (Å²) in [5.41, 5.74) is 10.3. The van der Waals surface area contributed by atoms with Gasteiger partial charge >= 0.3 is 0 Å². The van der Waals surface area contributed by atoms with Crippen LogP contribution in [-0.4, -0.2) is 54.7 Å². The third kappa shape index (κ3) is 3.64. The van der Waals surface area contributed by atoms with Gasteiger partial charge in [-0.15, -0.1) is 10.2 Å². The van der Waals surface area contributed by atoms with Gasteiger partial charge in [0, 0.05) is 18.0 Å². The van der Waals surface area contributed by atoms with E-state index in [-0.39, 0.29) is 12.5 Å². The highest BCUT2D eigenvalue weighted by molar-refractivity contribution is 5.89. The van der Waals surface area contributed by atoms with E-state index in [0.29, 0.717) is 51.1 Å². The van der Waals surface area contributed by atoms with Crippen molar-refractivity contribution in [3.63, 3.8) is 0 Å². The molecular formula is C23H15N13. The number of benzene rings is 1. The van der Waals surface area contributed by atoms with Gasteiger partial charge in [-0.1, -0.05) is 18.2 Å². The first-order chi connectivity index (χ1) is 17.7. The zero-order valence-electron chi connectivity index (χ0n) is 18.5. The number of fused-ring (bicyclic) bond motifs is 1. The molecule has 5 aromatic heterocycles. The third-order valence-electron chi connectivity index (χ3n) is 5.38. The van der Waals surface area contributed by atoms with Crippen LogP contribution in [0, 0.1) is 11.3 Å². The Kier molecular flexibility index (Phi) is 5.01. The van der Waals surface area contributed by atoms with Gasteiger partial charge in [0.05, 0.1) is 28.6 Å². The van der Waals surface area contributed by atoms with Crippen LogP contribution in [0.5, 0.6) is 0 Å². The van der Waals surface area contributed by atoms with Crippen molar-refractivity contribution in [3.8, 4) is 40.1 Å². The topological polar surface area (TPSA) is 175 Å². The molecule has 0 amide bonds. The Balaban J connectivity index is 1.52. The molecule has 6 aromatic rings.